The van der Waals surface area contributed by atoms with E-state index >= 15 is 0 Å². The van der Waals surface area contributed by atoms with E-state index in [1.54, 1.807) is 42.5 Å². The first-order chi connectivity index (χ1) is 13.5. The highest BCUT2D eigenvalue weighted by atomic mass is 19.1. The minimum absolute atomic E-state index is 0.197. The molecule has 0 heterocycles. The first-order valence-electron chi connectivity index (χ1n) is 9.00. The van der Waals surface area contributed by atoms with Crippen LogP contribution in [0.4, 0.5) is 10.1 Å². The van der Waals surface area contributed by atoms with Crippen LogP contribution < -0.4 is 10.6 Å². The third-order valence-electron chi connectivity index (χ3n) is 4.69. The maximum atomic E-state index is 13.6. The number of anilines is 1. The molecule has 2 N–H and O–H groups in total. The van der Waals surface area contributed by atoms with Gasteiger partial charge in [-0.05, 0) is 48.7 Å². The lowest BCUT2D eigenvalue weighted by atomic mass is 10.1. The summed E-state index contributed by atoms with van der Waals surface area (Å²) in [5, 5.41) is 5.50. The SMILES string of the molecule is COC(=O)c1ccc(NC(=O)C2CC2C(=O)NCCc2ccccc2F)cc1. The van der Waals surface area contributed by atoms with E-state index in [-0.39, 0.29) is 29.5 Å². The number of benzene rings is 2. The summed E-state index contributed by atoms with van der Waals surface area (Å²) in [5.41, 5.74) is 1.48. The van der Waals surface area contributed by atoms with Gasteiger partial charge in [-0.25, -0.2) is 9.18 Å². The molecule has 6 nitrogen and oxygen atoms in total. The fourth-order valence-electron chi connectivity index (χ4n) is 2.97. The highest BCUT2D eigenvalue weighted by Crippen LogP contribution is 2.39. The molecular weight excluding hydrogens is 363 g/mol. The molecule has 2 atom stereocenters. The van der Waals surface area contributed by atoms with Crippen LogP contribution in [0.1, 0.15) is 22.3 Å². The number of methoxy groups -OCH3 is 1. The lowest BCUT2D eigenvalue weighted by molar-refractivity contribution is -0.125. The Morgan fingerprint density at radius 3 is 2.39 bits per heavy atom. The van der Waals surface area contributed by atoms with E-state index in [0.29, 0.717) is 36.2 Å². The van der Waals surface area contributed by atoms with Gasteiger partial charge in [0.05, 0.1) is 24.5 Å². The number of carbonyl (C=O) groups is 3. The van der Waals surface area contributed by atoms with Gasteiger partial charge < -0.3 is 15.4 Å². The minimum Gasteiger partial charge on any atom is -0.465 e. The van der Waals surface area contributed by atoms with Crippen LogP contribution in [-0.2, 0) is 20.7 Å². The standard InChI is InChI=1S/C21H21FN2O4/c1-28-21(27)14-6-8-15(9-7-14)24-20(26)17-12-16(17)19(25)23-11-10-13-4-2-3-5-18(13)22/h2-9,16-17H,10-12H2,1H3,(H,23,25)(H,24,26). The van der Waals surface area contributed by atoms with Gasteiger partial charge in [0.1, 0.15) is 5.82 Å². The normalized spacial score (nSPS) is 17.5. The zero-order valence-electron chi connectivity index (χ0n) is 15.4. The molecule has 3 rings (SSSR count). The largest absolute Gasteiger partial charge is 0.465 e. The zero-order valence-corrected chi connectivity index (χ0v) is 15.4. The summed E-state index contributed by atoms with van der Waals surface area (Å²) in [6.45, 7) is 0.319. The van der Waals surface area contributed by atoms with Crippen LogP contribution >= 0.6 is 0 Å². The van der Waals surface area contributed by atoms with Crippen molar-refractivity contribution < 1.29 is 23.5 Å². The van der Waals surface area contributed by atoms with Crippen molar-refractivity contribution in [1.29, 1.82) is 0 Å². The number of ether oxygens (including phenoxy) is 1. The second-order valence-electron chi connectivity index (χ2n) is 6.64. The third kappa shape index (κ3) is 4.73. The number of esters is 1. The molecule has 0 spiro atoms. The van der Waals surface area contributed by atoms with Crippen LogP contribution in [0.2, 0.25) is 0 Å². The lowest BCUT2D eigenvalue weighted by Gasteiger charge is -2.07. The van der Waals surface area contributed by atoms with Gasteiger partial charge in [0.2, 0.25) is 11.8 Å². The Balaban J connectivity index is 1.44. The monoisotopic (exact) mass is 384 g/mol. The van der Waals surface area contributed by atoms with E-state index in [9.17, 15) is 18.8 Å². The molecule has 0 bridgehead atoms. The van der Waals surface area contributed by atoms with Gasteiger partial charge in [0, 0.05) is 12.2 Å². The van der Waals surface area contributed by atoms with E-state index in [4.69, 9.17) is 0 Å². The van der Waals surface area contributed by atoms with Gasteiger partial charge in [-0.1, -0.05) is 18.2 Å². The third-order valence-corrected chi connectivity index (χ3v) is 4.69. The van der Waals surface area contributed by atoms with Crippen molar-refractivity contribution in [3.05, 3.63) is 65.5 Å². The van der Waals surface area contributed by atoms with Gasteiger partial charge in [-0.3, -0.25) is 9.59 Å². The first-order valence-corrected chi connectivity index (χ1v) is 9.00. The Hall–Kier alpha value is -3.22. The number of hydrogen-bond donors (Lipinski definition) is 2. The zero-order chi connectivity index (χ0) is 20.1. The van der Waals surface area contributed by atoms with Gasteiger partial charge >= 0.3 is 5.97 Å². The van der Waals surface area contributed by atoms with E-state index in [1.165, 1.54) is 13.2 Å². The van der Waals surface area contributed by atoms with Crippen molar-refractivity contribution in [3.8, 4) is 0 Å². The molecule has 0 saturated heterocycles. The predicted molar refractivity (Wildman–Crippen MR) is 101 cm³/mol. The second kappa shape index (κ2) is 8.65. The molecule has 2 amide bonds. The summed E-state index contributed by atoms with van der Waals surface area (Å²) in [4.78, 5) is 35.8. The van der Waals surface area contributed by atoms with Crippen molar-refractivity contribution in [3.63, 3.8) is 0 Å². The molecule has 2 unspecified atom stereocenters. The number of hydrogen-bond acceptors (Lipinski definition) is 4. The topological polar surface area (TPSA) is 84.5 Å². The molecule has 0 radical (unpaired) electrons. The van der Waals surface area contributed by atoms with Crippen LogP contribution in [0.25, 0.3) is 0 Å². The Labute approximate surface area is 162 Å². The van der Waals surface area contributed by atoms with Crippen LogP contribution in [-0.4, -0.2) is 31.4 Å². The fourth-order valence-corrected chi connectivity index (χ4v) is 2.97. The van der Waals surface area contributed by atoms with Crippen molar-refractivity contribution in [2.45, 2.75) is 12.8 Å². The molecule has 1 fully saturated rings. The molecule has 0 aromatic heterocycles. The summed E-state index contributed by atoms with van der Waals surface area (Å²) in [5.74, 6) is -1.92. The highest BCUT2D eigenvalue weighted by molar-refractivity contribution is 5.99. The van der Waals surface area contributed by atoms with Gasteiger partial charge in [0.15, 0.2) is 0 Å². The van der Waals surface area contributed by atoms with Gasteiger partial charge in [0.25, 0.3) is 0 Å². The molecule has 146 valence electrons. The summed E-state index contributed by atoms with van der Waals surface area (Å²) < 4.78 is 18.2. The smallest absolute Gasteiger partial charge is 0.337 e. The molecule has 28 heavy (non-hydrogen) atoms. The summed E-state index contributed by atoms with van der Waals surface area (Å²) >= 11 is 0. The van der Waals surface area contributed by atoms with Crippen molar-refractivity contribution in [2.75, 3.05) is 19.0 Å². The van der Waals surface area contributed by atoms with E-state index in [1.807, 2.05) is 0 Å². The maximum absolute atomic E-state index is 13.6. The Kier molecular flexibility index (Phi) is 6.03. The highest BCUT2D eigenvalue weighted by Gasteiger charge is 2.47. The van der Waals surface area contributed by atoms with E-state index in [2.05, 4.69) is 15.4 Å². The average Bonchev–Trinajstić information content (AvgIpc) is 3.50. The maximum Gasteiger partial charge on any atom is 0.337 e. The molecule has 1 aliphatic rings. The molecule has 0 aliphatic heterocycles. The fraction of sp³-hybridized carbons (Fsp3) is 0.286. The quantitative estimate of drug-likeness (QED) is 0.719. The summed E-state index contributed by atoms with van der Waals surface area (Å²) in [7, 11) is 1.30. The summed E-state index contributed by atoms with van der Waals surface area (Å²) in [6, 6.07) is 12.8. The van der Waals surface area contributed by atoms with Crippen molar-refractivity contribution in [1.82, 2.24) is 5.32 Å². The van der Waals surface area contributed by atoms with Crippen LogP contribution in [0.5, 0.6) is 0 Å². The predicted octanol–water partition coefficient (Wildman–Crippen LogP) is 2.55. The molecule has 7 heteroatoms. The van der Waals surface area contributed by atoms with Crippen molar-refractivity contribution >= 4 is 23.5 Å². The molecular formula is C21H21FN2O4. The second-order valence-corrected chi connectivity index (χ2v) is 6.64. The Bertz CT molecular complexity index is 882. The first kappa shape index (κ1) is 19.5. The van der Waals surface area contributed by atoms with E-state index in [0.717, 1.165) is 0 Å². The van der Waals surface area contributed by atoms with Crippen LogP contribution in [0, 0.1) is 17.7 Å². The van der Waals surface area contributed by atoms with Crippen LogP contribution in [0.15, 0.2) is 48.5 Å². The number of rotatable bonds is 7. The molecule has 1 aliphatic carbocycles. The Morgan fingerprint density at radius 1 is 1.04 bits per heavy atom. The number of amides is 2. The molecule has 2 aromatic rings. The van der Waals surface area contributed by atoms with Crippen molar-refractivity contribution in [2.24, 2.45) is 11.8 Å². The van der Waals surface area contributed by atoms with Gasteiger partial charge in [-0.15, -0.1) is 0 Å². The number of halogens is 1. The van der Waals surface area contributed by atoms with Gasteiger partial charge in [-0.2, -0.15) is 0 Å². The van der Waals surface area contributed by atoms with E-state index < -0.39 is 5.97 Å². The lowest BCUT2D eigenvalue weighted by Crippen LogP contribution is -2.29. The molecule has 1 saturated carbocycles. The average molecular weight is 384 g/mol. The number of carbonyl (C=O) groups excluding carboxylic acids is 3. The molecule has 2 aromatic carbocycles. The minimum atomic E-state index is -0.452. The number of nitrogens with one attached hydrogen (secondary N) is 2. The Morgan fingerprint density at radius 2 is 1.71 bits per heavy atom. The van der Waals surface area contributed by atoms with Crippen LogP contribution in [0.3, 0.4) is 0 Å². The summed E-state index contributed by atoms with van der Waals surface area (Å²) in [6.07, 6.45) is 0.881.